The van der Waals surface area contributed by atoms with Crippen LogP contribution >= 0.6 is 11.6 Å². The molecule has 0 atom stereocenters. The van der Waals surface area contributed by atoms with Crippen molar-refractivity contribution >= 4 is 22.8 Å². The zero-order valence-corrected chi connectivity index (χ0v) is 12.5. The summed E-state index contributed by atoms with van der Waals surface area (Å²) in [5.74, 6) is 0.381. The lowest BCUT2D eigenvalue weighted by Crippen LogP contribution is -2.47. The molecule has 2 aromatic rings. The van der Waals surface area contributed by atoms with Gasteiger partial charge in [-0.15, -0.1) is 0 Å². The van der Waals surface area contributed by atoms with E-state index < -0.39 is 0 Å². The molecule has 0 radical (unpaired) electrons. The molecule has 3 rings (SSSR count). The number of hydrogen-bond donors (Lipinski definition) is 2. The Morgan fingerprint density at radius 1 is 1.40 bits per heavy atom. The first kappa shape index (κ1) is 13.6. The number of hydrogen-bond acceptors (Lipinski definition) is 4. The van der Waals surface area contributed by atoms with E-state index >= 15 is 0 Å². The molecule has 108 valence electrons. The van der Waals surface area contributed by atoms with E-state index in [0.29, 0.717) is 16.6 Å². The van der Waals surface area contributed by atoms with Crippen LogP contribution in [0.5, 0.6) is 6.01 Å². The van der Waals surface area contributed by atoms with E-state index in [2.05, 4.69) is 29.1 Å². The van der Waals surface area contributed by atoms with E-state index in [4.69, 9.17) is 11.6 Å². The molecule has 6 heteroatoms. The van der Waals surface area contributed by atoms with Gasteiger partial charge in [0.25, 0.3) is 6.01 Å². The molecule has 0 aromatic carbocycles. The molecule has 1 fully saturated rings. The molecule has 1 aliphatic heterocycles. The Kier molecular flexibility index (Phi) is 3.34. The summed E-state index contributed by atoms with van der Waals surface area (Å²) in [5, 5.41) is 14.3. The third-order valence-corrected chi connectivity index (χ3v) is 4.66. The van der Waals surface area contributed by atoms with Gasteiger partial charge in [-0.05, 0) is 37.9 Å². The van der Waals surface area contributed by atoms with Gasteiger partial charge in [0.05, 0.1) is 16.1 Å². The Balaban J connectivity index is 2.25. The lowest BCUT2D eigenvalue weighted by atomic mass is 9.78. The van der Waals surface area contributed by atoms with E-state index in [-0.39, 0.29) is 11.5 Å². The SMILES string of the molecule is CC(C)C1(n2c(O)nc3ncc(Cl)cc32)CCNCC1. The summed E-state index contributed by atoms with van der Waals surface area (Å²) in [6.45, 7) is 6.25. The van der Waals surface area contributed by atoms with E-state index in [1.165, 1.54) is 0 Å². The van der Waals surface area contributed by atoms with E-state index in [9.17, 15) is 5.11 Å². The normalized spacial score (nSPS) is 18.8. The summed E-state index contributed by atoms with van der Waals surface area (Å²) in [6.07, 6.45) is 3.47. The second-order valence-corrected chi connectivity index (χ2v) is 6.19. The van der Waals surface area contributed by atoms with Crippen molar-refractivity contribution in [1.82, 2.24) is 19.9 Å². The van der Waals surface area contributed by atoms with Crippen molar-refractivity contribution in [2.45, 2.75) is 32.2 Å². The van der Waals surface area contributed by atoms with Crippen molar-refractivity contribution in [3.05, 3.63) is 17.3 Å². The maximum absolute atomic E-state index is 10.3. The fourth-order valence-electron chi connectivity index (χ4n) is 3.28. The standard InChI is InChI=1S/C14H19ClN4O/c1-9(2)14(3-5-16-6-4-14)19-11-7-10(15)8-17-12(11)18-13(19)20/h7-9,16H,3-6H2,1-2H3,(H,17,18,20). The van der Waals surface area contributed by atoms with Crippen LogP contribution < -0.4 is 5.32 Å². The highest BCUT2D eigenvalue weighted by Crippen LogP contribution is 2.40. The zero-order valence-electron chi connectivity index (χ0n) is 11.7. The number of rotatable bonds is 2. The summed E-state index contributed by atoms with van der Waals surface area (Å²) in [5.41, 5.74) is 1.22. The van der Waals surface area contributed by atoms with Crippen LogP contribution in [0.25, 0.3) is 11.2 Å². The van der Waals surface area contributed by atoms with Crippen LogP contribution in [-0.4, -0.2) is 32.7 Å². The largest absolute Gasteiger partial charge is 0.480 e. The number of aromatic nitrogens is 3. The molecule has 1 aliphatic rings. The van der Waals surface area contributed by atoms with Crippen molar-refractivity contribution in [3.63, 3.8) is 0 Å². The average Bonchev–Trinajstić information content (AvgIpc) is 2.75. The molecule has 0 amide bonds. The zero-order chi connectivity index (χ0) is 14.3. The van der Waals surface area contributed by atoms with Crippen molar-refractivity contribution in [2.75, 3.05) is 13.1 Å². The van der Waals surface area contributed by atoms with Crippen LogP contribution in [-0.2, 0) is 5.54 Å². The first-order valence-electron chi connectivity index (χ1n) is 6.99. The predicted octanol–water partition coefficient (Wildman–Crippen LogP) is 2.53. The summed E-state index contributed by atoms with van der Waals surface area (Å²) < 4.78 is 1.94. The minimum atomic E-state index is -0.142. The molecule has 3 heterocycles. The predicted molar refractivity (Wildman–Crippen MR) is 79.1 cm³/mol. The number of piperidine rings is 1. The van der Waals surface area contributed by atoms with Gasteiger partial charge >= 0.3 is 0 Å². The number of nitrogens with zero attached hydrogens (tertiary/aromatic N) is 3. The van der Waals surface area contributed by atoms with Crippen molar-refractivity contribution < 1.29 is 5.11 Å². The lowest BCUT2D eigenvalue weighted by molar-refractivity contribution is 0.128. The molecule has 0 aliphatic carbocycles. The molecule has 2 aromatic heterocycles. The maximum Gasteiger partial charge on any atom is 0.296 e. The van der Waals surface area contributed by atoms with E-state index in [1.54, 1.807) is 6.20 Å². The second kappa shape index (κ2) is 4.90. The Bertz CT molecular complexity index is 631. The summed E-state index contributed by atoms with van der Waals surface area (Å²) in [6, 6.07) is 1.87. The summed E-state index contributed by atoms with van der Waals surface area (Å²) >= 11 is 6.07. The molecule has 0 spiro atoms. The third-order valence-electron chi connectivity index (χ3n) is 4.45. The van der Waals surface area contributed by atoms with Crippen LogP contribution in [0.2, 0.25) is 5.02 Å². The Labute approximate surface area is 123 Å². The Morgan fingerprint density at radius 2 is 2.10 bits per heavy atom. The fraction of sp³-hybridized carbons (Fsp3) is 0.571. The average molecular weight is 295 g/mol. The van der Waals surface area contributed by atoms with Gasteiger partial charge in [0.1, 0.15) is 0 Å². The maximum atomic E-state index is 10.3. The van der Waals surface area contributed by atoms with Crippen LogP contribution in [0.1, 0.15) is 26.7 Å². The minimum Gasteiger partial charge on any atom is -0.480 e. The molecule has 2 N–H and O–H groups in total. The fourth-order valence-corrected chi connectivity index (χ4v) is 3.43. The smallest absolute Gasteiger partial charge is 0.296 e. The van der Waals surface area contributed by atoms with Crippen molar-refractivity contribution in [3.8, 4) is 6.01 Å². The first-order valence-corrected chi connectivity index (χ1v) is 7.36. The monoisotopic (exact) mass is 294 g/mol. The lowest BCUT2D eigenvalue weighted by Gasteiger charge is -2.42. The molecular weight excluding hydrogens is 276 g/mol. The van der Waals surface area contributed by atoms with Gasteiger partial charge in [-0.1, -0.05) is 25.4 Å². The van der Waals surface area contributed by atoms with Gasteiger partial charge in [-0.3, -0.25) is 4.57 Å². The number of fused-ring (bicyclic) bond motifs is 1. The first-order chi connectivity index (χ1) is 9.54. The molecule has 0 saturated carbocycles. The quantitative estimate of drug-likeness (QED) is 0.893. The van der Waals surface area contributed by atoms with Gasteiger partial charge in [-0.2, -0.15) is 4.98 Å². The number of pyridine rings is 1. The van der Waals surface area contributed by atoms with Crippen LogP contribution in [0.15, 0.2) is 12.3 Å². The van der Waals surface area contributed by atoms with Gasteiger partial charge in [-0.25, -0.2) is 4.98 Å². The molecule has 1 saturated heterocycles. The number of aromatic hydroxyl groups is 1. The van der Waals surface area contributed by atoms with Crippen LogP contribution in [0.3, 0.4) is 0 Å². The van der Waals surface area contributed by atoms with Gasteiger partial charge in [0, 0.05) is 6.20 Å². The van der Waals surface area contributed by atoms with Gasteiger partial charge in [0.2, 0.25) is 0 Å². The molecular formula is C14H19ClN4O. The molecule has 0 unspecified atom stereocenters. The van der Waals surface area contributed by atoms with Crippen molar-refractivity contribution in [2.24, 2.45) is 5.92 Å². The number of nitrogens with one attached hydrogen (secondary N) is 1. The summed E-state index contributed by atoms with van der Waals surface area (Å²) in [7, 11) is 0. The second-order valence-electron chi connectivity index (χ2n) is 5.75. The topological polar surface area (TPSA) is 63.0 Å². The highest BCUT2D eigenvalue weighted by molar-refractivity contribution is 6.31. The highest BCUT2D eigenvalue weighted by atomic mass is 35.5. The molecule has 20 heavy (non-hydrogen) atoms. The third kappa shape index (κ3) is 1.96. The van der Waals surface area contributed by atoms with Gasteiger partial charge < -0.3 is 10.4 Å². The van der Waals surface area contributed by atoms with Crippen molar-refractivity contribution in [1.29, 1.82) is 0 Å². The van der Waals surface area contributed by atoms with E-state index in [0.717, 1.165) is 31.4 Å². The van der Waals surface area contributed by atoms with Crippen LogP contribution in [0, 0.1) is 5.92 Å². The summed E-state index contributed by atoms with van der Waals surface area (Å²) in [4.78, 5) is 8.39. The Hall–Kier alpha value is -1.33. The van der Waals surface area contributed by atoms with Crippen LogP contribution in [0.4, 0.5) is 0 Å². The molecule has 0 bridgehead atoms. The number of halogens is 1. The van der Waals surface area contributed by atoms with E-state index in [1.807, 2.05) is 10.6 Å². The minimum absolute atomic E-state index is 0.0327. The Morgan fingerprint density at radius 3 is 2.75 bits per heavy atom. The molecule has 5 nitrogen and oxygen atoms in total. The van der Waals surface area contributed by atoms with Gasteiger partial charge in [0.15, 0.2) is 5.65 Å². The highest BCUT2D eigenvalue weighted by Gasteiger charge is 2.40. The number of imidazole rings is 1.